The Bertz CT molecular complexity index is 428. The highest BCUT2D eigenvalue weighted by molar-refractivity contribution is 5.84. The first-order valence-corrected chi connectivity index (χ1v) is 5.54. The molecule has 4 heteroatoms. The molecule has 0 aliphatic heterocycles. The van der Waals surface area contributed by atoms with E-state index in [-0.39, 0.29) is 6.42 Å². The molecule has 1 fully saturated rings. The maximum atomic E-state index is 12.8. The van der Waals surface area contributed by atoms with Crippen molar-refractivity contribution in [2.75, 3.05) is 0 Å². The van der Waals surface area contributed by atoms with Crippen molar-refractivity contribution >= 4 is 5.97 Å². The monoisotopic (exact) mass is 240 g/mol. The summed E-state index contributed by atoms with van der Waals surface area (Å²) in [5.41, 5.74) is 0.489. The van der Waals surface area contributed by atoms with Gasteiger partial charge < -0.3 is 5.11 Å². The quantitative estimate of drug-likeness (QED) is 0.878. The van der Waals surface area contributed by atoms with Gasteiger partial charge in [-0.3, -0.25) is 4.79 Å². The van der Waals surface area contributed by atoms with Gasteiger partial charge in [0.2, 0.25) is 5.92 Å². The number of halogens is 2. The first-order valence-electron chi connectivity index (χ1n) is 5.54. The fraction of sp³-hybridized carbons (Fsp3) is 0.462. The molecule has 0 bridgehead atoms. The molecule has 1 aromatic carbocycles. The van der Waals surface area contributed by atoms with Crippen LogP contribution in [0.4, 0.5) is 8.78 Å². The maximum Gasteiger partial charge on any atom is 0.314 e. The molecule has 2 rings (SSSR count). The van der Waals surface area contributed by atoms with Gasteiger partial charge in [0, 0.05) is 6.42 Å². The van der Waals surface area contributed by atoms with E-state index in [4.69, 9.17) is 5.11 Å². The van der Waals surface area contributed by atoms with Crippen molar-refractivity contribution in [3.8, 4) is 0 Å². The van der Waals surface area contributed by atoms with Gasteiger partial charge in [-0.1, -0.05) is 24.3 Å². The lowest BCUT2D eigenvalue weighted by molar-refractivity contribution is -0.140. The number of hydrogen-bond donors (Lipinski definition) is 1. The van der Waals surface area contributed by atoms with Crippen LogP contribution in [0.5, 0.6) is 0 Å². The molecule has 0 aromatic heterocycles. The van der Waals surface area contributed by atoms with Crippen molar-refractivity contribution in [3.05, 3.63) is 35.4 Å². The maximum absolute atomic E-state index is 12.8. The average molecular weight is 240 g/mol. The van der Waals surface area contributed by atoms with E-state index in [1.807, 2.05) is 0 Å². The summed E-state index contributed by atoms with van der Waals surface area (Å²) in [6, 6.07) is 6.50. The second-order valence-electron chi connectivity index (χ2n) is 4.83. The molecule has 1 aliphatic carbocycles. The van der Waals surface area contributed by atoms with Crippen molar-refractivity contribution in [2.24, 2.45) is 0 Å². The lowest BCUT2D eigenvalue weighted by Crippen LogP contribution is -2.19. The van der Waals surface area contributed by atoms with Crippen LogP contribution >= 0.6 is 0 Å². The second-order valence-corrected chi connectivity index (χ2v) is 4.83. The van der Waals surface area contributed by atoms with E-state index < -0.39 is 17.3 Å². The number of alkyl halides is 2. The molecule has 17 heavy (non-hydrogen) atoms. The molecule has 0 heterocycles. The molecular weight excluding hydrogens is 226 g/mol. The molecule has 0 atom stereocenters. The molecular formula is C13H14F2O2. The van der Waals surface area contributed by atoms with Crippen LogP contribution in [0.25, 0.3) is 0 Å². The second kappa shape index (κ2) is 3.79. The summed E-state index contributed by atoms with van der Waals surface area (Å²) in [5, 5.41) is 9.09. The Morgan fingerprint density at radius 1 is 1.35 bits per heavy atom. The molecule has 1 aromatic rings. The molecule has 2 nitrogen and oxygen atoms in total. The number of rotatable bonds is 4. The highest BCUT2D eigenvalue weighted by Crippen LogP contribution is 2.48. The first-order chi connectivity index (χ1) is 7.83. The third-order valence-corrected chi connectivity index (χ3v) is 3.18. The van der Waals surface area contributed by atoms with Crippen LogP contribution < -0.4 is 0 Å². The molecule has 1 N–H and O–H groups in total. The van der Waals surface area contributed by atoms with Gasteiger partial charge in [0.25, 0.3) is 0 Å². The fourth-order valence-corrected chi connectivity index (χ4v) is 2.05. The Labute approximate surface area is 98.3 Å². The van der Waals surface area contributed by atoms with E-state index in [2.05, 4.69) is 0 Å². The largest absolute Gasteiger partial charge is 0.481 e. The van der Waals surface area contributed by atoms with Crippen molar-refractivity contribution in [1.82, 2.24) is 0 Å². The third-order valence-electron chi connectivity index (χ3n) is 3.18. The minimum atomic E-state index is -2.73. The van der Waals surface area contributed by atoms with Crippen molar-refractivity contribution in [3.63, 3.8) is 0 Å². The Morgan fingerprint density at radius 2 is 1.88 bits per heavy atom. The fourth-order valence-electron chi connectivity index (χ4n) is 2.05. The number of hydrogen-bond acceptors (Lipinski definition) is 1. The third kappa shape index (κ3) is 2.46. The molecule has 92 valence electrons. The summed E-state index contributed by atoms with van der Waals surface area (Å²) >= 11 is 0. The minimum absolute atomic E-state index is 0.312. The van der Waals surface area contributed by atoms with Gasteiger partial charge in [0.05, 0.1) is 5.41 Å². The van der Waals surface area contributed by atoms with Crippen LogP contribution in [-0.4, -0.2) is 17.0 Å². The average Bonchev–Trinajstić information content (AvgIpc) is 2.97. The molecule has 0 unspecified atom stereocenters. The van der Waals surface area contributed by atoms with Gasteiger partial charge in [0.15, 0.2) is 0 Å². The zero-order valence-electron chi connectivity index (χ0n) is 9.54. The molecule has 1 aliphatic rings. The summed E-state index contributed by atoms with van der Waals surface area (Å²) < 4.78 is 25.6. The Morgan fingerprint density at radius 3 is 2.24 bits per heavy atom. The van der Waals surface area contributed by atoms with Gasteiger partial charge in [-0.15, -0.1) is 0 Å². The van der Waals surface area contributed by atoms with E-state index in [9.17, 15) is 13.6 Å². The molecule has 0 saturated heterocycles. The van der Waals surface area contributed by atoms with Crippen molar-refractivity contribution < 1.29 is 18.7 Å². The number of carbonyl (C=O) groups is 1. The lowest BCUT2D eigenvalue weighted by Gasteiger charge is -2.13. The molecule has 0 amide bonds. The molecule has 0 spiro atoms. The Kier molecular flexibility index (Phi) is 2.68. The molecule has 0 radical (unpaired) electrons. The zero-order chi connectivity index (χ0) is 12.7. The van der Waals surface area contributed by atoms with E-state index in [0.29, 0.717) is 24.0 Å². The SMILES string of the molecule is CC(F)(F)Cc1ccc(C2(C(=O)O)CC2)cc1. The van der Waals surface area contributed by atoms with Crippen LogP contribution in [0, 0.1) is 0 Å². The van der Waals surface area contributed by atoms with Crippen LogP contribution in [0.2, 0.25) is 0 Å². The Balaban J connectivity index is 2.17. The summed E-state index contributed by atoms with van der Waals surface area (Å²) in [7, 11) is 0. The van der Waals surface area contributed by atoms with Gasteiger partial charge in [-0.2, -0.15) is 0 Å². The van der Waals surface area contributed by atoms with Crippen LogP contribution in [0.15, 0.2) is 24.3 Å². The van der Waals surface area contributed by atoms with E-state index in [1.165, 1.54) is 0 Å². The normalized spacial score (nSPS) is 17.8. The zero-order valence-corrected chi connectivity index (χ0v) is 9.54. The predicted octanol–water partition coefficient (Wildman–Crippen LogP) is 3.00. The lowest BCUT2D eigenvalue weighted by atomic mass is 9.94. The van der Waals surface area contributed by atoms with Crippen molar-refractivity contribution in [2.45, 2.75) is 37.5 Å². The minimum Gasteiger partial charge on any atom is -0.481 e. The molecule has 1 saturated carbocycles. The highest BCUT2D eigenvalue weighted by Gasteiger charge is 2.51. The summed E-state index contributed by atoms with van der Waals surface area (Å²) in [5.74, 6) is -3.56. The number of carboxylic acids is 1. The number of carboxylic acid groups (broad SMARTS) is 1. The van der Waals surface area contributed by atoms with Crippen LogP contribution in [0.3, 0.4) is 0 Å². The Hall–Kier alpha value is -1.45. The van der Waals surface area contributed by atoms with Crippen molar-refractivity contribution in [1.29, 1.82) is 0 Å². The summed E-state index contributed by atoms with van der Waals surface area (Å²) in [4.78, 5) is 11.1. The predicted molar refractivity (Wildman–Crippen MR) is 59.3 cm³/mol. The highest BCUT2D eigenvalue weighted by atomic mass is 19.3. The van der Waals surface area contributed by atoms with E-state index >= 15 is 0 Å². The topological polar surface area (TPSA) is 37.3 Å². The van der Waals surface area contributed by atoms with Gasteiger partial charge in [0.1, 0.15) is 0 Å². The van der Waals surface area contributed by atoms with E-state index in [1.54, 1.807) is 24.3 Å². The summed E-state index contributed by atoms with van der Waals surface area (Å²) in [6.45, 7) is 0.876. The van der Waals surface area contributed by atoms with Gasteiger partial charge >= 0.3 is 5.97 Å². The van der Waals surface area contributed by atoms with Gasteiger partial charge in [-0.25, -0.2) is 8.78 Å². The van der Waals surface area contributed by atoms with Crippen LogP contribution in [-0.2, 0) is 16.6 Å². The van der Waals surface area contributed by atoms with Crippen LogP contribution in [0.1, 0.15) is 30.9 Å². The first kappa shape index (κ1) is 12.0. The number of aliphatic carboxylic acids is 1. The summed E-state index contributed by atoms with van der Waals surface area (Å²) in [6.07, 6.45) is 0.949. The number of benzene rings is 1. The smallest absolute Gasteiger partial charge is 0.314 e. The van der Waals surface area contributed by atoms with Gasteiger partial charge in [-0.05, 0) is 30.9 Å². The van der Waals surface area contributed by atoms with E-state index in [0.717, 1.165) is 6.92 Å². The standard InChI is InChI=1S/C13H14F2O2/c1-12(14,15)8-9-2-4-10(5-3-9)13(6-7-13)11(16)17/h2-5H,6-8H2,1H3,(H,16,17).